The molecule has 0 saturated carbocycles. The molecule has 4 nitrogen and oxygen atoms in total. The lowest BCUT2D eigenvalue weighted by Gasteiger charge is -2.16. The molecule has 5 heteroatoms. The molecule has 0 aromatic heterocycles. The lowest BCUT2D eigenvalue weighted by Crippen LogP contribution is -2.26. The van der Waals surface area contributed by atoms with Gasteiger partial charge in [-0.25, -0.2) is 0 Å². The highest BCUT2D eigenvalue weighted by atomic mass is 32.1. The van der Waals surface area contributed by atoms with Crippen LogP contribution < -0.4 is 0 Å². The molecule has 0 aromatic rings. The lowest BCUT2D eigenvalue weighted by molar-refractivity contribution is -0.157. The van der Waals surface area contributed by atoms with E-state index in [1.807, 2.05) is 0 Å². The Morgan fingerprint density at radius 1 is 0.475 bits per heavy atom. The first-order valence-corrected chi connectivity index (χ1v) is 18.2. The number of unbranched alkanes of at least 4 members (excludes halogenated alkanes) is 24. The van der Waals surface area contributed by atoms with E-state index in [0.29, 0.717) is 18.6 Å². The number of ether oxygens (including phenoxy) is 2. The van der Waals surface area contributed by atoms with Crippen LogP contribution in [0.3, 0.4) is 0 Å². The molecular weight excluding hydrogens is 516 g/mol. The molecule has 0 spiro atoms. The molecule has 0 aliphatic carbocycles. The van der Waals surface area contributed by atoms with Crippen LogP contribution in [-0.2, 0) is 19.1 Å². The molecule has 1 atom stereocenters. The van der Waals surface area contributed by atoms with Gasteiger partial charge < -0.3 is 9.47 Å². The predicted molar refractivity (Wildman–Crippen MR) is 175 cm³/mol. The van der Waals surface area contributed by atoms with Crippen molar-refractivity contribution in [3.05, 3.63) is 0 Å². The summed E-state index contributed by atoms with van der Waals surface area (Å²) in [4.78, 5) is 24.2. The Morgan fingerprint density at radius 2 is 0.775 bits per heavy atom. The topological polar surface area (TPSA) is 52.6 Å². The van der Waals surface area contributed by atoms with E-state index in [1.54, 1.807) is 0 Å². The largest absolute Gasteiger partial charge is 0.462 e. The zero-order valence-electron chi connectivity index (χ0n) is 26.9. The van der Waals surface area contributed by atoms with Crippen LogP contribution in [0.4, 0.5) is 0 Å². The maximum absolute atomic E-state index is 12.2. The molecule has 238 valence electrons. The zero-order chi connectivity index (χ0) is 29.4. The van der Waals surface area contributed by atoms with Crippen LogP contribution >= 0.6 is 12.6 Å². The third-order valence-electron chi connectivity index (χ3n) is 7.90. The summed E-state index contributed by atoms with van der Waals surface area (Å²) in [6.07, 6.45) is 33.9. The number of carbonyl (C=O) groups excluding carboxylic acids is 2. The molecule has 0 unspecified atom stereocenters. The van der Waals surface area contributed by atoms with Gasteiger partial charge in [0, 0.05) is 18.6 Å². The first-order chi connectivity index (χ1) is 19.6. The van der Waals surface area contributed by atoms with Crippen molar-refractivity contribution in [3.63, 3.8) is 0 Å². The van der Waals surface area contributed by atoms with Crippen molar-refractivity contribution in [2.75, 3.05) is 12.4 Å². The van der Waals surface area contributed by atoms with Crippen LogP contribution in [0.15, 0.2) is 0 Å². The fourth-order valence-corrected chi connectivity index (χ4v) is 5.38. The molecule has 0 aliphatic rings. The standard InChI is InChI=1S/C35H68O4S/c1-3-5-7-9-11-13-15-17-19-21-23-25-27-29-34(36)38-31-33(32-40)39-35(37)30-28-26-24-22-20-18-16-14-12-10-8-6-4-2/h33,40H,3-32H2,1-2H3/t33-/m1/s1. The highest BCUT2D eigenvalue weighted by Gasteiger charge is 2.15. The Labute approximate surface area is 255 Å². The summed E-state index contributed by atoms with van der Waals surface area (Å²) in [5.41, 5.74) is 0. The van der Waals surface area contributed by atoms with Gasteiger partial charge in [0.15, 0.2) is 0 Å². The molecule has 0 amide bonds. The molecule has 0 fully saturated rings. The summed E-state index contributed by atoms with van der Waals surface area (Å²) >= 11 is 4.28. The predicted octanol–water partition coefficient (Wildman–Crippen LogP) is 11.3. The van der Waals surface area contributed by atoms with E-state index in [0.717, 1.165) is 25.7 Å². The fourth-order valence-electron chi connectivity index (χ4n) is 5.20. The van der Waals surface area contributed by atoms with Crippen LogP contribution in [-0.4, -0.2) is 30.4 Å². The Hall–Kier alpha value is -0.710. The van der Waals surface area contributed by atoms with Gasteiger partial charge in [0.2, 0.25) is 0 Å². The first-order valence-electron chi connectivity index (χ1n) is 17.6. The van der Waals surface area contributed by atoms with Gasteiger partial charge in [0.05, 0.1) is 0 Å². The highest BCUT2D eigenvalue weighted by Crippen LogP contribution is 2.15. The second-order valence-electron chi connectivity index (χ2n) is 12.0. The van der Waals surface area contributed by atoms with Crippen molar-refractivity contribution in [3.8, 4) is 0 Å². The van der Waals surface area contributed by atoms with Gasteiger partial charge in [-0.15, -0.1) is 0 Å². The number of hydrogen-bond donors (Lipinski definition) is 1. The zero-order valence-corrected chi connectivity index (χ0v) is 27.8. The van der Waals surface area contributed by atoms with E-state index >= 15 is 0 Å². The molecule has 0 aliphatic heterocycles. The number of esters is 2. The minimum absolute atomic E-state index is 0.116. The summed E-state index contributed by atoms with van der Waals surface area (Å²) in [5, 5.41) is 0. The molecule has 0 aromatic carbocycles. The van der Waals surface area contributed by atoms with Crippen molar-refractivity contribution < 1.29 is 19.1 Å². The minimum atomic E-state index is -0.451. The lowest BCUT2D eigenvalue weighted by atomic mass is 10.0. The third kappa shape index (κ3) is 30.3. The van der Waals surface area contributed by atoms with Gasteiger partial charge in [-0.2, -0.15) is 12.6 Å². The summed E-state index contributed by atoms with van der Waals surface area (Å²) in [7, 11) is 0. The number of rotatable bonds is 32. The van der Waals surface area contributed by atoms with Gasteiger partial charge >= 0.3 is 11.9 Å². The maximum atomic E-state index is 12.2. The van der Waals surface area contributed by atoms with Crippen molar-refractivity contribution >= 4 is 24.6 Å². The Balaban J connectivity index is 3.53. The van der Waals surface area contributed by atoms with Crippen LogP contribution in [0.25, 0.3) is 0 Å². The van der Waals surface area contributed by atoms with Gasteiger partial charge in [-0.3, -0.25) is 9.59 Å². The smallest absolute Gasteiger partial charge is 0.306 e. The second-order valence-corrected chi connectivity index (χ2v) is 12.3. The van der Waals surface area contributed by atoms with Crippen molar-refractivity contribution in [2.24, 2.45) is 0 Å². The van der Waals surface area contributed by atoms with Crippen molar-refractivity contribution in [1.82, 2.24) is 0 Å². The van der Waals surface area contributed by atoms with Crippen LogP contribution in [0.1, 0.15) is 194 Å². The highest BCUT2D eigenvalue weighted by molar-refractivity contribution is 7.80. The first kappa shape index (κ1) is 39.3. The second kappa shape index (κ2) is 32.8. The van der Waals surface area contributed by atoms with Gasteiger partial charge in [-0.05, 0) is 12.8 Å². The average Bonchev–Trinajstić information content (AvgIpc) is 2.96. The van der Waals surface area contributed by atoms with E-state index < -0.39 is 6.10 Å². The number of thiol groups is 1. The molecule has 0 saturated heterocycles. The Bertz CT molecular complexity index is 539. The minimum Gasteiger partial charge on any atom is -0.462 e. The van der Waals surface area contributed by atoms with Crippen molar-refractivity contribution in [1.29, 1.82) is 0 Å². The van der Waals surface area contributed by atoms with E-state index in [9.17, 15) is 9.59 Å². The SMILES string of the molecule is CCCCCCCCCCCCCCCC(=O)OC[C@H](CS)OC(=O)CCCCCCCCCCCCCCC. The number of carbonyl (C=O) groups is 2. The molecule has 0 rings (SSSR count). The molecule has 0 N–H and O–H groups in total. The Morgan fingerprint density at radius 3 is 1.10 bits per heavy atom. The summed E-state index contributed by atoms with van der Waals surface area (Å²) < 4.78 is 10.8. The molecule has 0 heterocycles. The van der Waals surface area contributed by atoms with E-state index in [1.165, 1.54) is 141 Å². The average molecular weight is 585 g/mol. The Kier molecular flexibility index (Phi) is 32.2. The maximum Gasteiger partial charge on any atom is 0.306 e. The molecule has 40 heavy (non-hydrogen) atoms. The van der Waals surface area contributed by atoms with Crippen LogP contribution in [0, 0.1) is 0 Å². The summed E-state index contributed by atoms with van der Waals surface area (Å²) in [6.45, 7) is 4.65. The number of hydrogen-bond acceptors (Lipinski definition) is 5. The molecular formula is C35H68O4S. The van der Waals surface area contributed by atoms with E-state index in [-0.39, 0.29) is 18.5 Å². The quantitative estimate of drug-likeness (QED) is 0.0485. The van der Waals surface area contributed by atoms with Crippen LogP contribution in [0.2, 0.25) is 0 Å². The van der Waals surface area contributed by atoms with Crippen molar-refractivity contribution in [2.45, 2.75) is 200 Å². The van der Waals surface area contributed by atoms with Crippen LogP contribution in [0.5, 0.6) is 0 Å². The van der Waals surface area contributed by atoms with E-state index in [2.05, 4.69) is 26.5 Å². The molecule has 0 radical (unpaired) electrons. The summed E-state index contributed by atoms with van der Waals surface area (Å²) in [6, 6.07) is 0. The monoisotopic (exact) mass is 584 g/mol. The third-order valence-corrected chi connectivity index (χ3v) is 8.31. The van der Waals surface area contributed by atoms with Gasteiger partial charge in [0.1, 0.15) is 12.7 Å². The molecule has 0 bridgehead atoms. The normalized spacial score (nSPS) is 12.0. The van der Waals surface area contributed by atoms with Gasteiger partial charge in [-0.1, -0.05) is 168 Å². The van der Waals surface area contributed by atoms with E-state index in [4.69, 9.17) is 9.47 Å². The fraction of sp³-hybridized carbons (Fsp3) is 0.943. The summed E-state index contributed by atoms with van der Waals surface area (Å²) in [5.74, 6) is -0.0202. The van der Waals surface area contributed by atoms with Gasteiger partial charge in [0.25, 0.3) is 0 Å².